The van der Waals surface area contributed by atoms with E-state index in [0.717, 1.165) is 24.1 Å². The van der Waals surface area contributed by atoms with Crippen LogP contribution in [0.4, 0.5) is 0 Å². The largest absolute Gasteiger partial charge is 0.440 e. The normalized spacial score (nSPS) is 25.5. The predicted octanol–water partition coefficient (Wildman–Crippen LogP) is 1.91. The zero-order chi connectivity index (χ0) is 17.1. The molecule has 1 aliphatic carbocycles. The first-order valence-electron chi connectivity index (χ1n) is 8.16. The number of rotatable bonds is 4. The summed E-state index contributed by atoms with van der Waals surface area (Å²) in [6, 6.07) is 2.98. The van der Waals surface area contributed by atoms with Crippen LogP contribution in [0.1, 0.15) is 24.1 Å². The maximum atomic E-state index is 12.8. The topological polar surface area (TPSA) is 103 Å². The molecule has 1 saturated heterocycles. The lowest BCUT2D eigenvalue weighted by atomic mass is 9.99. The van der Waals surface area contributed by atoms with Crippen molar-refractivity contribution in [3.63, 3.8) is 0 Å². The van der Waals surface area contributed by atoms with Crippen molar-refractivity contribution in [2.75, 3.05) is 13.1 Å². The molecule has 0 bridgehead atoms. The van der Waals surface area contributed by atoms with Crippen LogP contribution >= 0.6 is 0 Å². The molecule has 8 heteroatoms. The van der Waals surface area contributed by atoms with Gasteiger partial charge in [-0.3, -0.25) is 0 Å². The van der Waals surface area contributed by atoms with Crippen molar-refractivity contribution in [2.24, 2.45) is 17.6 Å². The predicted molar refractivity (Wildman–Crippen MR) is 86.6 cm³/mol. The van der Waals surface area contributed by atoms with Gasteiger partial charge in [-0.25, -0.2) is 8.42 Å². The highest BCUT2D eigenvalue weighted by atomic mass is 32.2. The van der Waals surface area contributed by atoms with Gasteiger partial charge in [-0.05, 0) is 50.7 Å². The van der Waals surface area contributed by atoms with E-state index >= 15 is 0 Å². The van der Waals surface area contributed by atoms with Crippen LogP contribution in [0.5, 0.6) is 0 Å². The van der Waals surface area contributed by atoms with Gasteiger partial charge < -0.3 is 14.7 Å². The highest BCUT2D eigenvalue weighted by molar-refractivity contribution is 7.89. The number of hydrogen-bond acceptors (Lipinski definition) is 6. The lowest BCUT2D eigenvalue weighted by molar-refractivity contribution is 0.383. The second-order valence-corrected chi connectivity index (χ2v) is 8.70. The molecular formula is C16H21N3O4S. The Kier molecular flexibility index (Phi) is 3.59. The first kappa shape index (κ1) is 15.9. The number of sulfonamides is 1. The van der Waals surface area contributed by atoms with Crippen molar-refractivity contribution in [1.82, 2.24) is 9.46 Å². The fourth-order valence-corrected chi connectivity index (χ4v) is 4.81. The zero-order valence-corrected chi connectivity index (χ0v) is 14.5. The number of hydrogen-bond donors (Lipinski definition) is 1. The average molecular weight is 351 g/mol. The second-order valence-electron chi connectivity index (χ2n) is 6.83. The fourth-order valence-electron chi connectivity index (χ4n) is 3.39. The summed E-state index contributed by atoms with van der Waals surface area (Å²) in [7, 11) is -3.68. The van der Waals surface area contributed by atoms with Crippen LogP contribution in [0.2, 0.25) is 0 Å². The first-order chi connectivity index (χ1) is 11.4. The van der Waals surface area contributed by atoms with E-state index in [0.29, 0.717) is 30.5 Å². The summed E-state index contributed by atoms with van der Waals surface area (Å²) < 4.78 is 37.9. The summed E-state index contributed by atoms with van der Waals surface area (Å²) in [4.78, 5) is 0. The van der Waals surface area contributed by atoms with Crippen LogP contribution in [0, 0.1) is 25.7 Å². The van der Waals surface area contributed by atoms with Crippen molar-refractivity contribution in [3.05, 3.63) is 23.4 Å². The summed E-state index contributed by atoms with van der Waals surface area (Å²) in [5.41, 5.74) is 7.74. The molecule has 4 rings (SSSR count). The summed E-state index contributed by atoms with van der Waals surface area (Å²) in [6.07, 6.45) is 2.31. The molecule has 3 heterocycles. The van der Waals surface area contributed by atoms with Crippen molar-refractivity contribution < 1.29 is 17.4 Å². The van der Waals surface area contributed by atoms with Gasteiger partial charge in [0.15, 0.2) is 5.76 Å². The summed E-state index contributed by atoms with van der Waals surface area (Å²) in [6.45, 7) is 4.51. The van der Waals surface area contributed by atoms with Crippen molar-refractivity contribution in [3.8, 4) is 11.5 Å². The second kappa shape index (κ2) is 5.44. The Morgan fingerprint density at radius 1 is 1.25 bits per heavy atom. The Morgan fingerprint density at radius 3 is 2.62 bits per heavy atom. The van der Waals surface area contributed by atoms with Gasteiger partial charge in [-0.15, -0.1) is 0 Å². The van der Waals surface area contributed by atoms with Gasteiger partial charge in [0.05, 0.1) is 5.69 Å². The van der Waals surface area contributed by atoms with Crippen LogP contribution in [0.3, 0.4) is 0 Å². The molecule has 2 aromatic heterocycles. The Labute approximate surface area is 140 Å². The molecule has 2 fully saturated rings. The number of furan rings is 1. The van der Waals surface area contributed by atoms with Crippen molar-refractivity contribution in [1.29, 1.82) is 0 Å². The van der Waals surface area contributed by atoms with Gasteiger partial charge in [0.2, 0.25) is 10.9 Å². The van der Waals surface area contributed by atoms with Gasteiger partial charge in [-0.1, -0.05) is 5.16 Å². The maximum Gasteiger partial charge on any atom is 0.276 e. The molecule has 1 saturated carbocycles. The van der Waals surface area contributed by atoms with Gasteiger partial charge in [0, 0.05) is 24.7 Å². The molecule has 2 N–H and O–H groups in total. The van der Waals surface area contributed by atoms with Gasteiger partial charge in [-0.2, -0.15) is 4.31 Å². The van der Waals surface area contributed by atoms with Crippen LogP contribution in [0.25, 0.3) is 11.5 Å². The Balaban J connectivity index is 1.60. The monoisotopic (exact) mass is 351 g/mol. The van der Waals surface area contributed by atoms with Gasteiger partial charge in [0.25, 0.3) is 10.0 Å². The van der Waals surface area contributed by atoms with E-state index < -0.39 is 10.0 Å². The molecule has 2 aromatic rings. The number of aryl methyl sites for hydroxylation is 1. The highest BCUT2D eigenvalue weighted by Crippen LogP contribution is 2.42. The summed E-state index contributed by atoms with van der Waals surface area (Å²) in [5.74, 6) is 1.66. The minimum Gasteiger partial charge on any atom is -0.440 e. The average Bonchev–Trinajstić information content (AvgIpc) is 2.96. The first-order valence-corrected chi connectivity index (χ1v) is 9.60. The smallest absolute Gasteiger partial charge is 0.276 e. The van der Waals surface area contributed by atoms with Gasteiger partial charge in [0.1, 0.15) is 0 Å². The highest BCUT2D eigenvalue weighted by Gasteiger charge is 2.45. The summed E-state index contributed by atoms with van der Waals surface area (Å²) >= 11 is 0. The van der Waals surface area contributed by atoms with E-state index in [9.17, 15) is 8.42 Å². The van der Waals surface area contributed by atoms with E-state index in [4.69, 9.17) is 14.7 Å². The van der Waals surface area contributed by atoms with E-state index in [1.54, 1.807) is 6.07 Å². The third kappa shape index (κ3) is 2.49. The van der Waals surface area contributed by atoms with E-state index in [-0.39, 0.29) is 17.1 Å². The number of nitrogens with two attached hydrogens (primary N) is 1. The molecular weight excluding hydrogens is 330 g/mol. The third-order valence-corrected chi connectivity index (χ3v) is 6.87. The molecule has 7 nitrogen and oxygen atoms in total. The SMILES string of the molecule is Cc1noc(-c2ccc(S(=O)(=O)N3C[C@@H](N)[C@H](C4CC4)C3)o2)c1C. The lowest BCUT2D eigenvalue weighted by Gasteiger charge is -2.14. The number of nitrogens with zero attached hydrogens (tertiary/aromatic N) is 2. The third-order valence-electron chi connectivity index (χ3n) is 5.16. The van der Waals surface area contributed by atoms with E-state index in [1.165, 1.54) is 10.4 Å². The van der Waals surface area contributed by atoms with Crippen LogP contribution in [-0.4, -0.2) is 37.0 Å². The Bertz CT molecular complexity index is 866. The lowest BCUT2D eigenvalue weighted by Crippen LogP contribution is -2.32. The molecule has 2 aliphatic rings. The van der Waals surface area contributed by atoms with E-state index in [2.05, 4.69) is 5.16 Å². The van der Waals surface area contributed by atoms with Gasteiger partial charge >= 0.3 is 0 Å². The number of aromatic nitrogens is 1. The molecule has 0 unspecified atom stereocenters. The zero-order valence-electron chi connectivity index (χ0n) is 13.7. The van der Waals surface area contributed by atoms with Crippen LogP contribution in [0.15, 0.2) is 26.2 Å². The van der Waals surface area contributed by atoms with Crippen LogP contribution in [-0.2, 0) is 10.0 Å². The molecule has 0 aromatic carbocycles. The molecule has 0 spiro atoms. The molecule has 0 radical (unpaired) electrons. The summed E-state index contributed by atoms with van der Waals surface area (Å²) in [5, 5.41) is 3.80. The van der Waals surface area contributed by atoms with E-state index in [1.807, 2.05) is 13.8 Å². The van der Waals surface area contributed by atoms with Crippen molar-refractivity contribution in [2.45, 2.75) is 37.8 Å². The fraction of sp³-hybridized carbons (Fsp3) is 0.562. The molecule has 130 valence electrons. The Hall–Kier alpha value is -1.64. The maximum absolute atomic E-state index is 12.8. The molecule has 0 amide bonds. The standard InChI is InChI=1S/C16H21N3O4S/c1-9-10(2)18-23-16(9)14-5-6-15(22-14)24(20,21)19-7-12(11-3-4-11)13(17)8-19/h5-6,11-13H,3-4,7-8,17H2,1-2H3/t12-,13+/m0/s1. The molecule has 24 heavy (non-hydrogen) atoms. The van der Waals surface area contributed by atoms with Crippen LogP contribution < -0.4 is 5.73 Å². The Morgan fingerprint density at radius 2 is 2.00 bits per heavy atom. The minimum atomic E-state index is -3.68. The quantitative estimate of drug-likeness (QED) is 0.902. The minimum absolute atomic E-state index is 0.0744. The molecule has 1 aliphatic heterocycles. The van der Waals surface area contributed by atoms with Crippen molar-refractivity contribution >= 4 is 10.0 Å². The molecule has 2 atom stereocenters.